The van der Waals surface area contributed by atoms with Crippen molar-refractivity contribution < 1.29 is 29.0 Å². The number of hydrogen-bond acceptors (Lipinski definition) is 8. The molecule has 0 bridgehead atoms. The van der Waals surface area contributed by atoms with E-state index in [1.165, 1.54) is 35.5 Å². The lowest BCUT2D eigenvalue weighted by molar-refractivity contribution is -0.132. The highest BCUT2D eigenvalue weighted by Gasteiger charge is 2.48. The predicted octanol–water partition coefficient (Wildman–Crippen LogP) is 5.37. The molecule has 0 spiro atoms. The summed E-state index contributed by atoms with van der Waals surface area (Å²) in [5.41, 5.74) is 1.65. The fourth-order valence-corrected chi connectivity index (χ4v) is 5.30. The maximum Gasteiger partial charge on any atom is 0.337 e. The Balaban J connectivity index is 1.70. The Morgan fingerprint density at radius 1 is 1.00 bits per heavy atom. The summed E-state index contributed by atoms with van der Waals surface area (Å²) in [6, 6.07) is 16.9. The van der Waals surface area contributed by atoms with Gasteiger partial charge in [-0.25, -0.2) is 9.78 Å². The summed E-state index contributed by atoms with van der Waals surface area (Å²) in [6.45, 7) is 0. The first-order chi connectivity index (χ1) is 17.8. The number of Topliss-reactive ketones (excluding diaryl/α,β-unsaturated/α-hetero) is 1. The zero-order valence-electron chi connectivity index (χ0n) is 19.6. The molecule has 4 aromatic rings. The normalized spacial score (nSPS) is 16.8. The molecule has 1 amide bonds. The monoisotopic (exact) mass is 534 g/mol. The Labute approximate surface area is 220 Å². The summed E-state index contributed by atoms with van der Waals surface area (Å²) in [4.78, 5) is 44.5. The van der Waals surface area contributed by atoms with Crippen molar-refractivity contribution in [2.75, 3.05) is 19.1 Å². The van der Waals surface area contributed by atoms with Crippen molar-refractivity contribution in [1.29, 1.82) is 0 Å². The van der Waals surface area contributed by atoms with Gasteiger partial charge >= 0.3 is 11.9 Å². The van der Waals surface area contributed by atoms with Crippen molar-refractivity contribution in [3.05, 3.63) is 94.0 Å². The number of ether oxygens (including phenoxy) is 2. The molecule has 186 valence electrons. The number of amides is 1. The van der Waals surface area contributed by atoms with Gasteiger partial charge in [-0.1, -0.05) is 35.1 Å². The van der Waals surface area contributed by atoms with Crippen molar-refractivity contribution in [3.63, 3.8) is 0 Å². The highest BCUT2D eigenvalue weighted by molar-refractivity contribution is 7.22. The number of aliphatic hydroxyl groups excluding tert-OH is 1. The van der Waals surface area contributed by atoms with Crippen molar-refractivity contribution in [1.82, 2.24) is 4.98 Å². The van der Waals surface area contributed by atoms with Gasteiger partial charge in [0.05, 0.1) is 41.6 Å². The topological polar surface area (TPSA) is 106 Å². The van der Waals surface area contributed by atoms with E-state index in [0.717, 1.165) is 4.70 Å². The Morgan fingerprint density at radius 2 is 1.68 bits per heavy atom. The summed E-state index contributed by atoms with van der Waals surface area (Å²) >= 11 is 7.21. The third-order valence-corrected chi connectivity index (χ3v) is 7.27. The van der Waals surface area contributed by atoms with E-state index in [4.69, 9.17) is 21.1 Å². The zero-order valence-corrected chi connectivity index (χ0v) is 21.2. The molecule has 0 radical (unpaired) electrons. The van der Waals surface area contributed by atoms with Gasteiger partial charge in [0.25, 0.3) is 5.78 Å². The Kier molecular flexibility index (Phi) is 6.41. The number of anilines is 1. The smallest absolute Gasteiger partial charge is 0.337 e. The van der Waals surface area contributed by atoms with Gasteiger partial charge < -0.3 is 14.6 Å². The molecular formula is C27H19ClN2O6S. The minimum Gasteiger partial charge on any atom is -0.507 e. The number of nitrogens with zero attached hydrogens (tertiary/aromatic N) is 2. The molecule has 1 atom stereocenters. The van der Waals surface area contributed by atoms with Gasteiger partial charge in [0.1, 0.15) is 11.5 Å². The van der Waals surface area contributed by atoms with Crippen molar-refractivity contribution in [3.8, 4) is 5.75 Å². The average molecular weight is 535 g/mol. The molecule has 37 heavy (non-hydrogen) atoms. The molecule has 1 saturated heterocycles. The number of ketones is 1. The molecule has 0 aliphatic carbocycles. The lowest BCUT2D eigenvalue weighted by atomic mass is 9.95. The maximum absolute atomic E-state index is 13.4. The summed E-state index contributed by atoms with van der Waals surface area (Å²) in [5.74, 6) is -1.93. The van der Waals surface area contributed by atoms with Gasteiger partial charge in [-0.05, 0) is 60.2 Å². The Hall–Kier alpha value is -4.21. The molecule has 8 nitrogen and oxygen atoms in total. The van der Waals surface area contributed by atoms with Crippen LogP contribution in [0.15, 0.2) is 72.3 Å². The van der Waals surface area contributed by atoms with Gasteiger partial charge in [0.2, 0.25) is 0 Å². The van der Waals surface area contributed by atoms with Crippen molar-refractivity contribution >= 4 is 61.7 Å². The van der Waals surface area contributed by atoms with E-state index in [2.05, 4.69) is 4.98 Å². The minimum atomic E-state index is -0.996. The molecule has 5 rings (SSSR count). The number of benzene rings is 3. The van der Waals surface area contributed by atoms with Crippen LogP contribution in [0.2, 0.25) is 5.02 Å². The second-order valence-electron chi connectivity index (χ2n) is 8.12. The van der Waals surface area contributed by atoms with Crippen molar-refractivity contribution in [2.45, 2.75) is 6.04 Å². The van der Waals surface area contributed by atoms with E-state index >= 15 is 0 Å². The first kappa shape index (κ1) is 24.5. The van der Waals surface area contributed by atoms with Crippen LogP contribution in [0.5, 0.6) is 5.75 Å². The number of hydrogen-bond donors (Lipinski definition) is 1. The second kappa shape index (κ2) is 9.68. The van der Waals surface area contributed by atoms with Gasteiger partial charge in [-0.3, -0.25) is 14.5 Å². The van der Waals surface area contributed by atoms with Crippen LogP contribution >= 0.6 is 22.9 Å². The SMILES string of the molecule is COC(=O)c1ccc(C2C(=C(O)c3ccc(Cl)cc3)C(=O)C(=O)N2c2nc3ccc(OC)cc3s2)cc1. The highest BCUT2D eigenvalue weighted by atomic mass is 35.5. The molecule has 2 heterocycles. The number of fused-ring (bicyclic) bond motifs is 1. The van der Waals surface area contributed by atoms with Crippen LogP contribution in [0.4, 0.5) is 5.13 Å². The van der Waals surface area contributed by atoms with E-state index in [1.807, 2.05) is 0 Å². The summed E-state index contributed by atoms with van der Waals surface area (Å²) in [5, 5.41) is 11.9. The number of aliphatic hydroxyl groups is 1. The molecule has 1 aromatic heterocycles. The number of aromatic nitrogens is 1. The van der Waals surface area contributed by atoms with E-state index in [9.17, 15) is 19.5 Å². The standard InChI is InChI=1S/C27H19ClN2O6S/c1-35-18-11-12-19-20(13-18)37-27(29-19)30-22(14-3-5-16(6-4-14)26(34)36-2)21(24(32)25(30)33)23(31)15-7-9-17(28)10-8-15/h3-13,22,31H,1-2H3. The van der Waals surface area contributed by atoms with Gasteiger partial charge in [-0.2, -0.15) is 0 Å². The van der Waals surface area contributed by atoms with E-state index in [1.54, 1.807) is 61.7 Å². The molecule has 1 unspecified atom stereocenters. The van der Waals surface area contributed by atoms with E-state index in [0.29, 0.717) is 33.0 Å². The van der Waals surface area contributed by atoms with E-state index < -0.39 is 23.7 Å². The second-order valence-corrected chi connectivity index (χ2v) is 9.57. The Morgan fingerprint density at radius 3 is 2.32 bits per heavy atom. The molecule has 3 aromatic carbocycles. The molecule has 1 N–H and O–H groups in total. The van der Waals surface area contributed by atoms with Crippen LogP contribution in [-0.4, -0.2) is 42.0 Å². The molecule has 1 aliphatic heterocycles. The number of carbonyl (C=O) groups is 3. The number of methoxy groups -OCH3 is 2. The molecule has 0 saturated carbocycles. The average Bonchev–Trinajstić information content (AvgIpc) is 3.45. The number of carbonyl (C=O) groups excluding carboxylic acids is 3. The van der Waals surface area contributed by atoms with Crippen LogP contribution in [-0.2, 0) is 14.3 Å². The summed E-state index contributed by atoms with van der Waals surface area (Å²) in [7, 11) is 2.83. The zero-order chi connectivity index (χ0) is 26.3. The van der Waals surface area contributed by atoms with E-state index in [-0.39, 0.29) is 16.5 Å². The third kappa shape index (κ3) is 4.32. The molecular weight excluding hydrogens is 516 g/mol. The largest absolute Gasteiger partial charge is 0.507 e. The summed E-state index contributed by atoms with van der Waals surface area (Å²) < 4.78 is 10.8. The van der Waals surface area contributed by atoms with Gasteiger partial charge in [0, 0.05) is 10.6 Å². The van der Waals surface area contributed by atoms with Crippen LogP contribution in [0.3, 0.4) is 0 Å². The first-order valence-electron chi connectivity index (χ1n) is 11.0. The van der Waals surface area contributed by atoms with Crippen LogP contribution in [0.1, 0.15) is 27.5 Å². The number of esters is 1. The molecule has 1 aliphatic rings. The molecule has 10 heteroatoms. The fraction of sp³-hybridized carbons (Fsp3) is 0.111. The first-order valence-corrected chi connectivity index (χ1v) is 12.2. The minimum absolute atomic E-state index is 0.102. The van der Waals surface area contributed by atoms with Gasteiger partial charge in [0.15, 0.2) is 5.13 Å². The van der Waals surface area contributed by atoms with Crippen molar-refractivity contribution in [2.24, 2.45) is 0 Å². The van der Waals surface area contributed by atoms with Crippen LogP contribution in [0.25, 0.3) is 16.0 Å². The van der Waals surface area contributed by atoms with Crippen LogP contribution < -0.4 is 9.64 Å². The Bertz CT molecular complexity index is 1580. The maximum atomic E-state index is 13.4. The fourth-order valence-electron chi connectivity index (χ4n) is 4.15. The number of halogens is 1. The number of thiazole rings is 1. The third-order valence-electron chi connectivity index (χ3n) is 6.00. The lowest BCUT2D eigenvalue weighted by Crippen LogP contribution is -2.29. The van der Waals surface area contributed by atoms with Gasteiger partial charge in [-0.15, -0.1) is 0 Å². The highest BCUT2D eigenvalue weighted by Crippen LogP contribution is 2.44. The number of rotatable bonds is 5. The van der Waals surface area contributed by atoms with Crippen LogP contribution in [0, 0.1) is 0 Å². The predicted molar refractivity (Wildman–Crippen MR) is 140 cm³/mol. The quantitative estimate of drug-likeness (QED) is 0.159. The summed E-state index contributed by atoms with van der Waals surface area (Å²) in [6.07, 6.45) is 0. The lowest BCUT2D eigenvalue weighted by Gasteiger charge is -2.23. The molecule has 1 fully saturated rings.